The Balaban J connectivity index is 2.72. The van der Waals surface area contributed by atoms with Crippen molar-refractivity contribution in [3.05, 3.63) is 35.4 Å². The van der Waals surface area contributed by atoms with Crippen molar-refractivity contribution in [1.82, 2.24) is 0 Å². The van der Waals surface area contributed by atoms with E-state index in [2.05, 4.69) is 67.9 Å². The lowest BCUT2D eigenvalue weighted by molar-refractivity contribution is 0.570. The second kappa shape index (κ2) is 5.86. The molecule has 1 unspecified atom stereocenters. The first kappa shape index (κ1) is 13.8. The van der Waals surface area contributed by atoms with Gasteiger partial charge in [0.25, 0.3) is 0 Å². The molecule has 0 heterocycles. The van der Waals surface area contributed by atoms with Gasteiger partial charge in [-0.05, 0) is 28.9 Å². The van der Waals surface area contributed by atoms with Crippen LogP contribution in [0.1, 0.15) is 45.2 Å². The lowest BCUT2D eigenvalue weighted by atomic mass is 9.86. The molecule has 0 fully saturated rings. The van der Waals surface area contributed by atoms with Crippen LogP contribution in [0, 0.1) is 5.92 Å². The average molecular weight is 283 g/mol. The largest absolute Gasteiger partial charge is 0.0925 e. The minimum absolute atomic E-state index is 0.262. The van der Waals surface area contributed by atoms with E-state index in [0.717, 1.165) is 11.2 Å². The Morgan fingerprint density at radius 1 is 1.12 bits per heavy atom. The predicted molar refractivity (Wildman–Crippen MR) is 76.4 cm³/mol. The maximum absolute atomic E-state index is 3.58. The smallest absolute Gasteiger partial charge is 0.00627 e. The van der Waals surface area contributed by atoms with Gasteiger partial charge in [-0.3, -0.25) is 0 Å². The van der Waals surface area contributed by atoms with Gasteiger partial charge < -0.3 is 0 Å². The Morgan fingerprint density at radius 2 is 1.69 bits per heavy atom. The molecule has 1 heteroatoms. The van der Waals surface area contributed by atoms with Gasteiger partial charge in [-0.15, -0.1) is 0 Å². The fourth-order valence-corrected chi connectivity index (χ4v) is 2.47. The molecule has 0 saturated heterocycles. The molecule has 0 aromatic heterocycles. The Kier molecular flexibility index (Phi) is 5.04. The number of halogens is 1. The minimum atomic E-state index is 0.262. The Morgan fingerprint density at radius 3 is 2.06 bits per heavy atom. The van der Waals surface area contributed by atoms with E-state index in [4.69, 9.17) is 0 Å². The van der Waals surface area contributed by atoms with E-state index >= 15 is 0 Å². The highest BCUT2D eigenvalue weighted by Crippen LogP contribution is 2.23. The number of rotatable bonds is 4. The third-order valence-electron chi connectivity index (χ3n) is 3.14. The van der Waals surface area contributed by atoms with E-state index in [1.165, 1.54) is 24.0 Å². The van der Waals surface area contributed by atoms with Crippen molar-refractivity contribution in [3.63, 3.8) is 0 Å². The van der Waals surface area contributed by atoms with Gasteiger partial charge in [-0.2, -0.15) is 0 Å². The summed E-state index contributed by atoms with van der Waals surface area (Å²) in [6.07, 6.45) is 2.43. The molecule has 0 aliphatic heterocycles. The zero-order valence-electron chi connectivity index (χ0n) is 10.9. The fraction of sp³-hybridized carbons (Fsp3) is 0.600. The zero-order chi connectivity index (χ0) is 12.2. The number of alkyl halides is 1. The third-order valence-corrected chi connectivity index (χ3v) is 4.06. The summed E-state index contributed by atoms with van der Waals surface area (Å²) in [7, 11) is 0. The molecule has 0 amide bonds. The second-order valence-corrected chi connectivity index (χ2v) is 6.23. The van der Waals surface area contributed by atoms with Gasteiger partial charge in [-0.1, -0.05) is 74.3 Å². The monoisotopic (exact) mass is 282 g/mol. The molecule has 0 aliphatic rings. The van der Waals surface area contributed by atoms with Gasteiger partial charge in [0.05, 0.1) is 0 Å². The van der Waals surface area contributed by atoms with Crippen LogP contribution in [0.2, 0.25) is 0 Å². The van der Waals surface area contributed by atoms with Crippen molar-refractivity contribution in [3.8, 4) is 0 Å². The number of benzene rings is 1. The lowest BCUT2D eigenvalue weighted by Gasteiger charge is -2.19. The second-order valence-electron chi connectivity index (χ2n) is 5.58. The first-order valence-electron chi connectivity index (χ1n) is 6.12. The normalized spacial score (nSPS) is 13.8. The van der Waals surface area contributed by atoms with Crippen molar-refractivity contribution in [2.45, 2.75) is 46.0 Å². The molecule has 16 heavy (non-hydrogen) atoms. The summed E-state index contributed by atoms with van der Waals surface area (Å²) >= 11 is 3.58. The minimum Gasteiger partial charge on any atom is -0.0925 e. The van der Waals surface area contributed by atoms with Crippen LogP contribution < -0.4 is 0 Å². The summed E-state index contributed by atoms with van der Waals surface area (Å²) in [4.78, 5) is 0. The zero-order valence-corrected chi connectivity index (χ0v) is 12.5. The average Bonchev–Trinajstić information content (AvgIpc) is 2.25. The van der Waals surface area contributed by atoms with Gasteiger partial charge >= 0.3 is 0 Å². The molecule has 0 bridgehead atoms. The van der Waals surface area contributed by atoms with Crippen molar-refractivity contribution in [1.29, 1.82) is 0 Å². The van der Waals surface area contributed by atoms with Crippen molar-refractivity contribution in [2.75, 3.05) is 5.33 Å². The van der Waals surface area contributed by atoms with Gasteiger partial charge in [0.1, 0.15) is 0 Å². The van der Waals surface area contributed by atoms with Gasteiger partial charge in [0.15, 0.2) is 0 Å². The first-order chi connectivity index (χ1) is 7.47. The summed E-state index contributed by atoms with van der Waals surface area (Å²) in [5, 5.41) is 1.10. The van der Waals surface area contributed by atoms with Crippen LogP contribution in [0.15, 0.2) is 24.3 Å². The van der Waals surface area contributed by atoms with Crippen molar-refractivity contribution < 1.29 is 0 Å². The standard InChI is InChI=1S/C15H23Br/c1-5-12(11-16)10-13-6-8-14(9-7-13)15(2,3)4/h6-9,12H,5,10-11H2,1-4H3. The molecular formula is C15H23Br. The first-order valence-corrected chi connectivity index (χ1v) is 7.25. The molecule has 1 aromatic rings. The predicted octanol–water partition coefficient (Wildman–Crippen LogP) is 4.95. The van der Waals surface area contributed by atoms with Crippen LogP contribution in [0.3, 0.4) is 0 Å². The van der Waals surface area contributed by atoms with Gasteiger partial charge in [-0.25, -0.2) is 0 Å². The van der Waals surface area contributed by atoms with Gasteiger partial charge in [0, 0.05) is 5.33 Å². The van der Waals surface area contributed by atoms with Crippen LogP contribution in [0.25, 0.3) is 0 Å². The molecular weight excluding hydrogens is 260 g/mol. The van der Waals surface area contributed by atoms with Crippen molar-refractivity contribution >= 4 is 15.9 Å². The van der Waals surface area contributed by atoms with E-state index in [0.29, 0.717) is 0 Å². The highest BCUT2D eigenvalue weighted by molar-refractivity contribution is 9.09. The molecule has 1 rings (SSSR count). The molecule has 0 aliphatic carbocycles. The van der Waals surface area contributed by atoms with Crippen molar-refractivity contribution in [2.24, 2.45) is 5.92 Å². The Hall–Kier alpha value is -0.300. The fourth-order valence-electron chi connectivity index (χ4n) is 1.78. The summed E-state index contributed by atoms with van der Waals surface area (Å²) in [5.74, 6) is 0.764. The van der Waals surface area contributed by atoms with Crippen LogP contribution in [0.4, 0.5) is 0 Å². The quantitative estimate of drug-likeness (QED) is 0.686. The summed E-state index contributed by atoms with van der Waals surface area (Å²) in [5.41, 5.74) is 3.14. The molecule has 0 radical (unpaired) electrons. The lowest BCUT2D eigenvalue weighted by Crippen LogP contribution is -2.11. The highest BCUT2D eigenvalue weighted by atomic mass is 79.9. The van der Waals surface area contributed by atoms with E-state index in [9.17, 15) is 0 Å². The number of hydrogen-bond donors (Lipinski definition) is 0. The van der Waals surface area contributed by atoms with Crippen LogP contribution in [-0.4, -0.2) is 5.33 Å². The molecule has 90 valence electrons. The molecule has 0 spiro atoms. The van der Waals surface area contributed by atoms with E-state index < -0.39 is 0 Å². The Bertz CT molecular complexity index is 301. The summed E-state index contributed by atoms with van der Waals surface area (Å²) in [6.45, 7) is 9.04. The molecule has 0 saturated carbocycles. The Labute approximate surface area is 109 Å². The highest BCUT2D eigenvalue weighted by Gasteiger charge is 2.13. The van der Waals surface area contributed by atoms with Crippen LogP contribution in [0.5, 0.6) is 0 Å². The topological polar surface area (TPSA) is 0 Å². The molecule has 1 aromatic carbocycles. The summed E-state index contributed by atoms with van der Waals surface area (Å²) in [6, 6.07) is 9.12. The SMILES string of the molecule is CCC(CBr)Cc1ccc(C(C)(C)C)cc1. The maximum Gasteiger partial charge on any atom is 0.00627 e. The van der Waals surface area contributed by atoms with Gasteiger partial charge in [0.2, 0.25) is 0 Å². The van der Waals surface area contributed by atoms with E-state index in [1.54, 1.807) is 0 Å². The van der Waals surface area contributed by atoms with Crippen LogP contribution in [-0.2, 0) is 11.8 Å². The maximum atomic E-state index is 3.58. The summed E-state index contributed by atoms with van der Waals surface area (Å²) < 4.78 is 0. The van der Waals surface area contributed by atoms with E-state index in [1.807, 2.05) is 0 Å². The number of hydrogen-bond acceptors (Lipinski definition) is 0. The molecule has 0 N–H and O–H groups in total. The molecule has 1 atom stereocenters. The molecule has 0 nitrogen and oxygen atoms in total. The van der Waals surface area contributed by atoms with Crippen LogP contribution >= 0.6 is 15.9 Å². The third kappa shape index (κ3) is 3.93. The van der Waals surface area contributed by atoms with E-state index in [-0.39, 0.29) is 5.41 Å².